The number of nitrogens with zero attached hydrogens (tertiary/aromatic N) is 1. The minimum absolute atomic E-state index is 0.0381. The van der Waals surface area contributed by atoms with Crippen LogP contribution in [0.2, 0.25) is 0 Å². The highest BCUT2D eigenvalue weighted by molar-refractivity contribution is 8.01. The molecule has 4 nitrogen and oxygen atoms in total. The van der Waals surface area contributed by atoms with Gasteiger partial charge in [-0.2, -0.15) is 0 Å². The first kappa shape index (κ1) is 14.6. The third-order valence-electron chi connectivity index (χ3n) is 3.56. The highest BCUT2D eigenvalue weighted by Crippen LogP contribution is 2.48. The number of hydrogen-bond acceptors (Lipinski definition) is 5. The van der Waals surface area contributed by atoms with E-state index in [1.165, 1.54) is 0 Å². The van der Waals surface area contributed by atoms with E-state index in [-0.39, 0.29) is 10.1 Å². The van der Waals surface area contributed by atoms with Gasteiger partial charge in [-0.25, -0.2) is 4.98 Å². The van der Waals surface area contributed by atoms with Gasteiger partial charge in [0.25, 0.3) is 0 Å². The Labute approximate surface area is 131 Å². The summed E-state index contributed by atoms with van der Waals surface area (Å²) in [6.07, 6.45) is 0. The Morgan fingerprint density at radius 3 is 2.67 bits per heavy atom. The van der Waals surface area contributed by atoms with Gasteiger partial charge < -0.3 is 5.11 Å². The SMILES string of the molecule is CC1(C)SC(c2scnc2-c2ccccc2)NC1C(=O)O. The zero-order valence-corrected chi connectivity index (χ0v) is 13.4. The zero-order chi connectivity index (χ0) is 15.0. The Morgan fingerprint density at radius 1 is 1.33 bits per heavy atom. The van der Waals surface area contributed by atoms with Gasteiger partial charge in [0.15, 0.2) is 0 Å². The van der Waals surface area contributed by atoms with Crippen molar-refractivity contribution in [3.05, 3.63) is 40.7 Å². The Bertz CT molecular complexity index is 655. The number of benzene rings is 1. The van der Waals surface area contributed by atoms with E-state index in [0.29, 0.717) is 0 Å². The fourth-order valence-electron chi connectivity index (χ4n) is 2.51. The largest absolute Gasteiger partial charge is 0.480 e. The molecule has 0 amide bonds. The van der Waals surface area contributed by atoms with Crippen LogP contribution in [-0.4, -0.2) is 26.8 Å². The Hall–Kier alpha value is -1.37. The summed E-state index contributed by atoms with van der Waals surface area (Å²) < 4.78 is -0.353. The molecular weight excluding hydrogens is 304 g/mol. The lowest BCUT2D eigenvalue weighted by Gasteiger charge is -2.20. The molecule has 0 bridgehead atoms. The molecule has 21 heavy (non-hydrogen) atoms. The molecular formula is C15H16N2O2S2. The average Bonchev–Trinajstić information content (AvgIpc) is 3.03. The maximum Gasteiger partial charge on any atom is 0.322 e. The van der Waals surface area contributed by atoms with E-state index in [2.05, 4.69) is 10.3 Å². The Kier molecular flexibility index (Phi) is 3.77. The van der Waals surface area contributed by atoms with Crippen LogP contribution in [0.25, 0.3) is 11.3 Å². The third kappa shape index (κ3) is 2.71. The van der Waals surface area contributed by atoms with Crippen LogP contribution in [0, 0.1) is 0 Å². The highest BCUT2D eigenvalue weighted by Gasteiger charge is 2.46. The van der Waals surface area contributed by atoms with Gasteiger partial charge in [-0.15, -0.1) is 23.1 Å². The minimum atomic E-state index is -0.805. The summed E-state index contributed by atoms with van der Waals surface area (Å²) in [5.74, 6) is -0.805. The van der Waals surface area contributed by atoms with Gasteiger partial charge in [-0.05, 0) is 13.8 Å². The predicted octanol–water partition coefficient (Wildman–Crippen LogP) is 3.38. The van der Waals surface area contributed by atoms with Crippen LogP contribution in [-0.2, 0) is 4.79 Å². The van der Waals surface area contributed by atoms with Crippen LogP contribution in [0.15, 0.2) is 35.8 Å². The van der Waals surface area contributed by atoms with E-state index in [1.807, 2.05) is 49.7 Å². The van der Waals surface area contributed by atoms with Crippen molar-refractivity contribution in [3.63, 3.8) is 0 Å². The van der Waals surface area contributed by atoms with Gasteiger partial charge >= 0.3 is 5.97 Å². The lowest BCUT2D eigenvalue weighted by Crippen LogP contribution is -2.43. The maximum atomic E-state index is 11.4. The van der Waals surface area contributed by atoms with Crippen LogP contribution in [0.4, 0.5) is 0 Å². The summed E-state index contributed by atoms with van der Waals surface area (Å²) in [4.78, 5) is 17.0. The van der Waals surface area contributed by atoms with Crippen molar-refractivity contribution in [2.24, 2.45) is 0 Å². The number of carboxylic acid groups (broad SMARTS) is 1. The molecule has 0 radical (unpaired) electrons. The standard InChI is InChI=1S/C15H16N2O2S2/c1-15(2)12(14(18)19)17-13(21-15)11-10(16-8-20-11)9-6-4-3-5-7-9/h3-8,12-13,17H,1-2H3,(H,18,19). The number of rotatable bonds is 3. The fourth-order valence-corrected chi connectivity index (χ4v) is 4.90. The summed E-state index contributed by atoms with van der Waals surface area (Å²) >= 11 is 3.22. The van der Waals surface area contributed by atoms with Crippen LogP contribution in [0.5, 0.6) is 0 Å². The average molecular weight is 320 g/mol. The van der Waals surface area contributed by atoms with E-state index >= 15 is 0 Å². The molecule has 2 unspecified atom stereocenters. The second-order valence-electron chi connectivity index (χ2n) is 5.47. The molecule has 2 heterocycles. The molecule has 1 aliphatic rings. The molecule has 6 heteroatoms. The van der Waals surface area contributed by atoms with E-state index in [0.717, 1.165) is 16.1 Å². The molecule has 2 aromatic rings. The number of thioether (sulfide) groups is 1. The van der Waals surface area contributed by atoms with Crippen molar-refractivity contribution in [3.8, 4) is 11.3 Å². The lowest BCUT2D eigenvalue weighted by atomic mass is 10.0. The fraction of sp³-hybridized carbons (Fsp3) is 0.333. The highest BCUT2D eigenvalue weighted by atomic mass is 32.2. The van der Waals surface area contributed by atoms with E-state index < -0.39 is 12.0 Å². The van der Waals surface area contributed by atoms with E-state index in [1.54, 1.807) is 23.1 Å². The lowest BCUT2D eigenvalue weighted by molar-refractivity contribution is -0.139. The van der Waals surface area contributed by atoms with Gasteiger partial charge in [0.05, 0.1) is 21.5 Å². The van der Waals surface area contributed by atoms with Crippen molar-refractivity contribution < 1.29 is 9.90 Å². The van der Waals surface area contributed by atoms with Gasteiger partial charge in [-0.1, -0.05) is 30.3 Å². The molecule has 0 spiro atoms. The predicted molar refractivity (Wildman–Crippen MR) is 86.5 cm³/mol. The number of hydrogen-bond donors (Lipinski definition) is 2. The molecule has 1 aliphatic heterocycles. The summed E-state index contributed by atoms with van der Waals surface area (Å²) in [6.45, 7) is 3.93. The second kappa shape index (κ2) is 5.44. The molecule has 1 fully saturated rings. The topological polar surface area (TPSA) is 62.2 Å². The first-order valence-electron chi connectivity index (χ1n) is 6.64. The second-order valence-corrected chi connectivity index (χ2v) is 8.12. The minimum Gasteiger partial charge on any atom is -0.480 e. The Morgan fingerprint density at radius 2 is 2.05 bits per heavy atom. The van der Waals surface area contributed by atoms with Gasteiger partial charge in [0.1, 0.15) is 6.04 Å². The van der Waals surface area contributed by atoms with Crippen LogP contribution >= 0.6 is 23.1 Å². The number of thiazole rings is 1. The molecule has 0 aliphatic carbocycles. The van der Waals surface area contributed by atoms with Crippen molar-refractivity contribution in [2.75, 3.05) is 0 Å². The molecule has 2 atom stereocenters. The van der Waals surface area contributed by atoms with Crippen LogP contribution < -0.4 is 5.32 Å². The summed E-state index contributed by atoms with van der Waals surface area (Å²) in [5, 5.41) is 12.6. The van der Waals surface area contributed by atoms with Crippen molar-refractivity contribution >= 4 is 29.1 Å². The van der Waals surface area contributed by atoms with Crippen molar-refractivity contribution in [2.45, 2.75) is 30.0 Å². The first-order chi connectivity index (χ1) is 9.99. The smallest absolute Gasteiger partial charge is 0.322 e. The zero-order valence-electron chi connectivity index (χ0n) is 11.7. The number of nitrogens with one attached hydrogen (secondary N) is 1. The van der Waals surface area contributed by atoms with Crippen molar-refractivity contribution in [1.29, 1.82) is 0 Å². The monoisotopic (exact) mass is 320 g/mol. The molecule has 110 valence electrons. The molecule has 1 aromatic carbocycles. The molecule has 1 aromatic heterocycles. The quantitative estimate of drug-likeness (QED) is 0.908. The van der Waals surface area contributed by atoms with Crippen LogP contribution in [0.1, 0.15) is 24.1 Å². The molecule has 2 N–H and O–H groups in total. The van der Waals surface area contributed by atoms with Gasteiger partial charge in [0, 0.05) is 10.3 Å². The van der Waals surface area contributed by atoms with E-state index in [9.17, 15) is 9.90 Å². The van der Waals surface area contributed by atoms with Gasteiger partial charge in [-0.3, -0.25) is 10.1 Å². The summed E-state index contributed by atoms with van der Waals surface area (Å²) in [5.41, 5.74) is 3.82. The number of carbonyl (C=O) groups is 1. The van der Waals surface area contributed by atoms with Crippen molar-refractivity contribution in [1.82, 2.24) is 10.3 Å². The molecule has 3 rings (SSSR count). The third-order valence-corrected chi connectivity index (χ3v) is 6.06. The molecule has 1 saturated heterocycles. The number of carboxylic acids is 1. The number of aliphatic carboxylic acids is 1. The van der Waals surface area contributed by atoms with Gasteiger partial charge in [0.2, 0.25) is 0 Å². The normalized spacial score (nSPS) is 24.1. The Balaban J connectivity index is 1.94. The summed E-state index contributed by atoms with van der Waals surface area (Å²) in [7, 11) is 0. The van der Waals surface area contributed by atoms with Crippen LogP contribution in [0.3, 0.4) is 0 Å². The molecule has 0 saturated carbocycles. The van der Waals surface area contributed by atoms with E-state index in [4.69, 9.17) is 0 Å². The first-order valence-corrected chi connectivity index (χ1v) is 8.40. The summed E-state index contributed by atoms with van der Waals surface area (Å²) in [6, 6.07) is 9.44. The maximum absolute atomic E-state index is 11.4. The number of aromatic nitrogens is 1.